The van der Waals surface area contributed by atoms with E-state index in [9.17, 15) is 5.11 Å². The Hall–Kier alpha value is -0.620. The number of methoxy groups -OCH3 is 1. The Morgan fingerprint density at radius 3 is 2.79 bits per heavy atom. The fourth-order valence-electron chi connectivity index (χ4n) is 1.64. The molecule has 0 saturated carbocycles. The average Bonchev–Trinajstić information content (AvgIpc) is 2.38. The van der Waals surface area contributed by atoms with Gasteiger partial charge in [-0.3, -0.25) is 0 Å². The van der Waals surface area contributed by atoms with Crippen LogP contribution in [0.2, 0.25) is 0 Å². The Labute approximate surface area is 123 Å². The summed E-state index contributed by atoms with van der Waals surface area (Å²) in [4.78, 5) is 0. The predicted octanol–water partition coefficient (Wildman–Crippen LogP) is 2.58. The van der Waals surface area contributed by atoms with Crippen molar-refractivity contribution in [3.8, 4) is 0 Å². The van der Waals surface area contributed by atoms with Gasteiger partial charge < -0.3 is 19.9 Å². The van der Waals surface area contributed by atoms with Gasteiger partial charge in [-0.15, -0.1) is 0 Å². The van der Waals surface area contributed by atoms with Crippen LogP contribution in [0.25, 0.3) is 0 Å². The molecule has 0 spiro atoms. The summed E-state index contributed by atoms with van der Waals surface area (Å²) in [6.45, 7) is 5.23. The zero-order chi connectivity index (χ0) is 14.3. The molecule has 1 aromatic rings. The number of benzene rings is 1. The molecule has 1 aromatic carbocycles. The van der Waals surface area contributed by atoms with Crippen molar-refractivity contribution in [1.29, 1.82) is 0 Å². The summed E-state index contributed by atoms with van der Waals surface area (Å²) in [5, 5.41) is 13.1. The Kier molecular flexibility index (Phi) is 7.38. The number of ether oxygens (including phenoxy) is 2. The monoisotopic (exact) mass is 331 g/mol. The third-order valence-corrected chi connectivity index (χ3v) is 3.63. The quantitative estimate of drug-likeness (QED) is 0.768. The van der Waals surface area contributed by atoms with Crippen LogP contribution in [0, 0.1) is 6.92 Å². The fourth-order valence-corrected chi connectivity index (χ4v) is 2.01. The van der Waals surface area contributed by atoms with Crippen molar-refractivity contribution < 1.29 is 14.6 Å². The SMILES string of the molecule is COCC(C)OCC(O)CNc1cccc(Br)c1C. The van der Waals surface area contributed by atoms with Crippen molar-refractivity contribution in [3.63, 3.8) is 0 Å². The molecule has 0 fully saturated rings. The van der Waals surface area contributed by atoms with E-state index in [2.05, 4.69) is 21.2 Å². The van der Waals surface area contributed by atoms with E-state index in [0.717, 1.165) is 15.7 Å². The Morgan fingerprint density at radius 2 is 2.11 bits per heavy atom. The lowest BCUT2D eigenvalue weighted by Gasteiger charge is -2.17. The van der Waals surface area contributed by atoms with Crippen LogP contribution < -0.4 is 5.32 Å². The van der Waals surface area contributed by atoms with Crippen molar-refractivity contribution >= 4 is 21.6 Å². The summed E-state index contributed by atoms with van der Waals surface area (Å²) in [5.74, 6) is 0. The largest absolute Gasteiger partial charge is 0.389 e. The summed E-state index contributed by atoms with van der Waals surface area (Å²) in [7, 11) is 1.63. The summed E-state index contributed by atoms with van der Waals surface area (Å²) >= 11 is 3.48. The summed E-state index contributed by atoms with van der Waals surface area (Å²) in [6, 6.07) is 5.94. The van der Waals surface area contributed by atoms with Gasteiger partial charge in [0.05, 0.1) is 25.4 Å². The van der Waals surface area contributed by atoms with Gasteiger partial charge in [0.1, 0.15) is 0 Å². The lowest BCUT2D eigenvalue weighted by molar-refractivity contribution is -0.0282. The third kappa shape index (κ3) is 5.91. The molecular formula is C14H22BrNO3. The molecule has 2 N–H and O–H groups in total. The maximum absolute atomic E-state index is 9.85. The van der Waals surface area contributed by atoms with E-state index in [1.54, 1.807) is 7.11 Å². The third-order valence-electron chi connectivity index (χ3n) is 2.77. The summed E-state index contributed by atoms with van der Waals surface area (Å²) < 4.78 is 11.5. The van der Waals surface area contributed by atoms with Gasteiger partial charge in [-0.2, -0.15) is 0 Å². The van der Waals surface area contributed by atoms with Crippen LogP contribution in [0.1, 0.15) is 12.5 Å². The number of hydrogen-bond donors (Lipinski definition) is 2. The molecule has 0 amide bonds. The number of anilines is 1. The molecule has 1 rings (SSSR count). The number of aliphatic hydroxyl groups excluding tert-OH is 1. The molecule has 0 aliphatic rings. The van der Waals surface area contributed by atoms with E-state index in [1.807, 2.05) is 32.0 Å². The zero-order valence-corrected chi connectivity index (χ0v) is 13.2. The molecule has 0 radical (unpaired) electrons. The number of aliphatic hydroxyl groups is 1. The minimum Gasteiger partial charge on any atom is -0.389 e. The second-order valence-electron chi connectivity index (χ2n) is 4.55. The highest BCUT2D eigenvalue weighted by Crippen LogP contribution is 2.23. The van der Waals surface area contributed by atoms with E-state index in [0.29, 0.717) is 19.8 Å². The molecule has 0 bridgehead atoms. The molecule has 108 valence electrons. The topological polar surface area (TPSA) is 50.7 Å². The summed E-state index contributed by atoms with van der Waals surface area (Å²) in [5.41, 5.74) is 2.14. The van der Waals surface area contributed by atoms with Crippen LogP contribution in [-0.4, -0.2) is 44.2 Å². The smallest absolute Gasteiger partial charge is 0.0945 e. The van der Waals surface area contributed by atoms with E-state index < -0.39 is 6.10 Å². The van der Waals surface area contributed by atoms with Gasteiger partial charge in [-0.05, 0) is 31.5 Å². The van der Waals surface area contributed by atoms with Gasteiger partial charge in [-0.25, -0.2) is 0 Å². The standard InChI is InChI=1S/C14H22BrNO3/c1-10(8-18-3)19-9-12(17)7-16-14-6-4-5-13(15)11(14)2/h4-6,10,12,16-17H,7-9H2,1-3H3. The van der Waals surface area contributed by atoms with Gasteiger partial charge in [0.2, 0.25) is 0 Å². The average molecular weight is 332 g/mol. The van der Waals surface area contributed by atoms with E-state index in [1.165, 1.54) is 0 Å². The predicted molar refractivity (Wildman–Crippen MR) is 80.7 cm³/mol. The molecule has 5 heteroatoms. The van der Waals surface area contributed by atoms with Gasteiger partial charge in [0.25, 0.3) is 0 Å². The van der Waals surface area contributed by atoms with Crippen molar-refractivity contribution in [2.75, 3.05) is 32.2 Å². The lowest BCUT2D eigenvalue weighted by Crippen LogP contribution is -2.28. The first kappa shape index (κ1) is 16.4. The Morgan fingerprint density at radius 1 is 1.37 bits per heavy atom. The molecule has 2 atom stereocenters. The van der Waals surface area contributed by atoms with Crippen LogP contribution >= 0.6 is 15.9 Å². The highest BCUT2D eigenvalue weighted by Gasteiger charge is 2.09. The zero-order valence-electron chi connectivity index (χ0n) is 11.6. The molecular weight excluding hydrogens is 310 g/mol. The van der Waals surface area contributed by atoms with Gasteiger partial charge in [0, 0.05) is 23.8 Å². The molecule has 0 aromatic heterocycles. The summed E-state index contributed by atoms with van der Waals surface area (Å²) in [6.07, 6.45) is -0.551. The maximum Gasteiger partial charge on any atom is 0.0945 e. The second kappa shape index (κ2) is 8.53. The van der Waals surface area contributed by atoms with E-state index >= 15 is 0 Å². The molecule has 19 heavy (non-hydrogen) atoms. The van der Waals surface area contributed by atoms with Crippen molar-refractivity contribution in [2.45, 2.75) is 26.1 Å². The minimum atomic E-state index is -0.544. The first-order valence-electron chi connectivity index (χ1n) is 6.32. The highest BCUT2D eigenvalue weighted by molar-refractivity contribution is 9.10. The van der Waals surface area contributed by atoms with E-state index in [4.69, 9.17) is 9.47 Å². The fraction of sp³-hybridized carbons (Fsp3) is 0.571. The molecule has 4 nitrogen and oxygen atoms in total. The van der Waals surface area contributed by atoms with Gasteiger partial charge in [-0.1, -0.05) is 22.0 Å². The first-order valence-corrected chi connectivity index (χ1v) is 7.11. The second-order valence-corrected chi connectivity index (χ2v) is 5.40. The van der Waals surface area contributed by atoms with Gasteiger partial charge in [0.15, 0.2) is 0 Å². The Bertz CT molecular complexity index is 387. The van der Waals surface area contributed by atoms with Crippen molar-refractivity contribution in [2.24, 2.45) is 0 Å². The normalized spacial score (nSPS) is 14.2. The number of rotatable bonds is 8. The maximum atomic E-state index is 9.85. The molecule has 0 saturated heterocycles. The lowest BCUT2D eigenvalue weighted by atomic mass is 10.2. The molecule has 2 unspecified atom stereocenters. The highest BCUT2D eigenvalue weighted by atomic mass is 79.9. The first-order chi connectivity index (χ1) is 9.04. The minimum absolute atomic E-state index is 0.00717. The van der Waals surface area contributed by atoms with E-state index in [-0.39, 0.29) is 6.10 Å². The Balaban J connectivity index is 2.33. The van der Waals surface area contributed by atoms with Crippen LogP contribution in [-0.2, 0) is 9.47 Å². The number of hydrogen-bond acceptors (Lipinski definition) is 4. The van der Waals surface area contributed by atoms with Crippen LogP contribution in [0.4, 0.5) is 5.69 Å². The van der Waals surface area contributed by atoms with Gasteiger partial charge >= 0.3 is 0 Å². The van der Waals surface area contributed by atoms with Crippen molar-refractivity contribution in [1.82, 2.24) is 0 Å². The van der Waals surface area contributed by atoms with Crippen LogP contribution in [0.3, 0.4) is 0 Å². The number of halogens is 1. The molecule has 0 aliphatic heterocycles. The molecule has 0 heterocycles. The number of nitrogens with one attached hydrogen (secondary N) is 1. The van der Waals surface area contributed by atoms with Crippen LogP contribution in [0.15, 0.2) is 22.7 Å². The molecule has 0 aliphatic carbocycles. The van der Waals surface area contributed by atoms with Crippen LogP contribution in [0.5, 0.6) is 0 Å². The van der Waals surface area contributed by atoms with Crippen molar-refractivity contribution in [3.05, 3.63) is 28.2 Å².